The van der Waals surface area contributed by atoms with Crippen molar-refractivity contribution >= 4 is 22.4 Å². The molecule has 110 valence electrons. The first kappa shape index (κ1) is 14.9. The van der Waals surface area contributed by atoms with Crippen LogP contribution in [0, 0.1) is 0 Å². The zero-order valence-electron chi connectivity index (χ0n) is 11.6. The van der Waals surface area contributed by atoms with Crippen LogP contribution < -0.4 is 10.2 Å². The Morgan fingerprint density at radius 1 is 1.19 bits per heavy atom. The van der Waals surface area contributed by atoms with Crippen LogP contribution in [0.25, 0.3) is 10.8 Å². The number of fused-ring (bicyclic) bond motifs is 1. The molecule has 0 heterocycles. The van der Waals surface area contributed by atoms with Crippen molar-refractivity contribution in [3.8, 4) is 5.75 Å². The van der Waals surface area contributed by atoms with Crippen LogP contribution in [0.4, 0.5) is 8.78 Å². The van der Waals surface area contributed by atoms with Gasteiger partial charge in [-0.2, -0.15) is 13.9 Å². The second kappa shape index (κ2) is 6.30. The van der Waals surface area contributed by atoms with E-state index in [-0.39, 0.29) is 11.7 Å². The van der Waals surface area contributed by atoms with E-state index in [4.69, 9.17) is 0 Å². The van der Waals surface area contributed by atoms with Crippen molar-refractivity contribution in [3.63, 3.8) is 0 Å². The van der Waals surface area contributed by atoms with Gasteiger partial charge in [0.1, 0.15) is 5.75 Å². The minimum atomic E-state index is -2.94. The summed E-state index contributed by atoms with van der Waals surface area (Å²) in [5, 5.41) is 5.21. The summed E-state index contributed by atoms with van der Waals surface area (Å²) in [6.45, 7) is -0.0188. The first-order valence-electron chi connectivity index (χ1n) is 6.27. The highest BCUT2D eigenvalue weighted by molar-refractivity contribution is 6.06. The number of hydrazone groups is 1. The summed E-state index contributed by atoms with van der Waals surface area (Å²) in [6.07, 6.45) is 0. The third-order valence-electron chi connectivity index (χ3n) is 2.86. The number of nitrogens with one attached hydrogen (secondary N) is 1. The molecular weight excluding hydrogens is 278 g/mol. The van der Waals surface area contributed by atoms with E-state index < -0.39 is 6.61 Å². The summed E-state index contributed by atoms with van der Waals surface area (Å²) in [5.74, 6) is -0.291. The highest BCUT2D eigenvalue weighted by Crippen LogP contribution is 2.31. The Labute approximate surface area is 120 Å². The van der Waals surface area contributed by atoms with E-state index in [1.165, 1.54) is 6.92 Å². The minimum absolute atomic E-state index is 0.0507. The number of hydrogen-bond acceptors (Lipinski definition) is 3. The molecule has 0 aliphatic carbocycles. The largest absolute Gasteiger partial charge is 0.433 e. The Kier molecular flexibility index (Phi) is 4.47. The van der Waals surface area contributed by atoms with E-state index in [1.807, 2.05) is 6.07 Å². The van der Waals surface area contributed by atoms with Gasteiger partial charge in [-0.3, -0.25) is 4.79 Å². The van der Waals surface area contributed by atoms with Crippen LogP contribution in [0.15, 0.2) is 41.5 Å². The topological polar surface area (TPSA) is 50.7 Å². The van der Waals surface area contributed by atoms with Crippen LogP contribution >= 0.6 is 0 Å². The molecule has 0 radical (unpaired) electrons. The Bertz CT molecular complexity index is 699. The number of rotatable bonds is 4. The average Bonchev–Trinajstić information content (AvgIpc) is 2.44. The number of carbonyl (C=O) groups excluding carboxylic acids is 1. The second-order valence-electron chi connectivity index (χ2n) is 4.41. The quantitative estimate of drug-likeness (QED) is 0.694. The van der Waals surface area contributed by atoms with Crippen molar-refractivity contribution < 1.29 is 18.3 Å². The number of halogens is 2. The molecule has 1 amide bonds. The van der Waals surface area contributed by atoms with Crippen LogP contribution in [0.5, 0.6) is 5.75 Å². The predicted molar refractivity (Wildman–Crippen MR) is 76.6 cm³/mol. The maximum absolute atomic E-state index is 12.7. The van der Waals surface area contributed by atoms with E-state index in [1.54, 1.807) is 37.3 Å². The predicted octanol–water partition coefficient (Wildman–Crippen LogP) is 3.30. The molecule has 0 aliphatic rings. The van der Waals surface area contributed by atoms with Gasteiger partial charge < -0.3 is 4.74 Å². The standard InChI is InChI=1S/C15H14F2N2O2/c1-9(18-19-10(2)20)12-8-7-11-5-3-4-6-13(11)14(12)21-15(16)17/h3-8,15H,1-2H3,(H,19,20)/b18-9-. The van der Waals surface area contributed by atoms with Gasteiger partial charge in [-0.15, -0.1) is 0 Å². The molecule has 6 heteroatoms. The van der Waals surface area contributed by atoms with E-state index in [0.29, 0.717) is 16.7 Å². The maximum Gasteiger partial charge on any atom is 0.387 e. The highest BCUT2D eigenvalue weighted by Gasteiger charge is 2.15. The molecule has 1 N–H and O–H groups in total. The van der Waals surface area contributed by atoms with E-state index in [2.05, 4.69) is 15.3 Å². The molecule has 21 heavy (non-hydrogen) atoms. The maximum atomic E-state index is 12.7. The van der Waals surface area contributed by atoms with Crippen molar-refractivity contribution in [2.24, 2.45) is 5.10 Å². The fourth-order valence-electron chi connectivity index (χ4n) is 1.97. The van der Waals surface area contributed by atoms with Crippen LogP contribution in [-0.4, -0.2) is 18.2 Å². The van der Waals surface area contributed by atoms with Gasteiger partial charge in [0.25, 0.3) is 0 Å². The first-order chi connectivity index (χ1) is 9.99. The lowest BCUT2D eigenvalue weighted by molar-refractivity contribution is -0.118. The lowest BCUT2D eigenvalue weighted by atomic mass is 10.0. The third-order valence-corrected chi connectivity index (χ3v) is 2.86. The second-order valence-corrected chi connectivity index (χ2v) is 4.41. The van der Waals surface area contributed by atoms with Crippen LogP contribution in [0.2, 0.25) is 0 Å². The minimum Gasteiger partial charge on any atom is -0.433 e. The zero-order chi connectivity index (χ0) is 15.4. The summed E-state index contributed by atoms with van der Waals surface area (Å²) in [4.78, 5) is 10.9. The molecule has 0 fully saturated rings. The van der Waals surface area contributed by atoms with Crippen molar-refractivity contribution in [1.82, 2.24) is 5.43 Å². The number of amides is 1. The van der Waals surface area contributed by atoms with E-state index in [0.717, 1.165) is 5.39 Å². The normalized spacial score (nSPS) is 11.8. The third kappa shape index (κ3) is 3.53. The number of nitrogens with zero attached hydrogens (tertiary/aromatic N) is 1. The van der Waals surface area contributed by atoms with Crippen LogP contribution in [0.1, 0.15) is 19.4 Å². The fraction of sp³-hybridized carbons (Fsp3) is 0.200. The van der Waals surface area contributed by atoms with Crippen LogP contribution in [0.3, 0.4) is 0 Å². The number of alkyl halides is 2. The summed E-state index contributed by atoms with van der Waals surface area (Å²) in [7, 11) is 0. The summed E-state index contributed by atoms with van der Waals surface area (Å²) >= 11 is 0. The fourth-order valence-corrected chi connectivity index (χ4v) is 1.97. The average molecular weight is 292 g/mol. The van der Waals surface area contributed by atoms with Crippen molar-refractivity contribution in [2.75, 3.05) is 0 Å². The number of hydrogen-bond donors (Lipinski definition) is 1. The molecule has 2 aromatic rings. The highest BCUT2D eigenvalue weighted by atomic mass is 19.3. The van der Waals surface area contributed by atoms with Gasteiger partial charge in [-0.25, -0.2) is 5.43 Å². The van der Waals surface area contributed by atoms with Crippen molar-refractivity contribution in [1.29, 1.82) is 0 Å². The monoisotopic (exact) mass is 292 g/mol. The zero-order valence-corrected chi connectivity index (χ0v) is 11.6. The molecule has 2 rings (SSSR count). The molecule has 4 nitrogen and oxygen atoms in total. The molecule has 0 bridgehead atoms. The molecule has 0 atom stereocenters. The van der Waals surface area contributed by atoms with Gasteiger partial charge in [-0.05, 0) is 18.4 Å². The summed E-state index contributed by atoms with van der Waals surface area (Å²) in [5.41, 5.74) is 3.06. The Balaban J connectivity index is 2.56. The Hall–Kier alpha value is -2.50. The van der Waals surface area contributed by atoms with Gasteiger partial charge in [0.15, 0.2) is 0 Å². The van der Waals surface area contributed by atoms with Crippen LogP contribution in [-0.2, 0) is 4.79 Å². The number of ether oxygens (including phenoxy) is 1. The molecular formula is C15H14F2N2O2. The SMILES string of the molecule is CC(=O)N/N=C(/C)c1ccc2ccccc2c1OC(F)F. The van der Waals surface area contributed by atoms with Crippen molar-refractivity contribution in [3.05, 3.63) is 42.0 Å². The van der Waals surface area contributed by atoms with Gasteiger partial charge in [0.05, 0.1) is 5.71 Å². The number of benzene rings is 2. The van der Waals surface area contributed by atoms with Gasteiger partial charge in [0, 0.05) is 17.9 Å². The van der Waals surface area contributed by atoms with Crippen molar-refractivity contribution in [2.45, 2.75) is 20.5 Å². The Morgan fingerprint density at radius 3 is 2.57 bits per heavy atom. The molecule has 0 aromatic heterocycles. The number of carbonyl (C=O) groups is 1. The summed E-state index contributed by atoms with van der Waals surface area (Å²) < 4.78 is 30.0. The molecule has 0 saturated carbocycles. The smallest absolute Gasteiger partial charge is 0.387 e. The van der Waals surface area contributed by atoms with Gasteiger partial charge in [0.2, 0.25) is 5.91 Å². The van der Waals surface area contributed by atoms with Gasteiger partial charge in [-0.1, -0.05) is 30.3 Å². The lowest BCUT2D eigenvalue weighted by Crippen LogP contribution is -2.16. The Morgan fingerprint density at radius 2 is 1.90 bits per heavy atom. The molecule has 0 unspecified atom stereocenters. The van der Waals surface area contributed by atoms with E-state index >= 15 is 0 Å². The molecule has 0 aliphatic heterocycles. The van der Waals surface area contributed by atoms with E-state index in [9.17, 15) is 13.6 Å². The first-order valence-corrected chi connectivity index (χ1v) is 6.27. The molecule has 0 saturated heterocycles. The lowest BCUT2D eigenvalue weighted by Gasteiger charge is -2.13. The molecule has 0 spiro atoms. The summed E-state index contributed by atoms with van der Waals surface area (Å²) in [6, 6.07) is 10.5. The molecule has 2 aromatic carbocycles. The van der Waals surface area contributed by atoms with Gasteiger partial charge >= 0.3 is 6.61 Å².